The molecule has 0 amide bonds. The van der Waals surface area contributed by atoms with Crippen molar-refractivity contribution >= 4 is 0 Å². The van der Waals surface area contributed by atoms with Gasteiger partial charge in [-0.1, -0.05) is 32.0 Å². The molecule has 118 valence electrons. The Bertz CT molecular complexity index is 430. The molecule has 1 aliphatic rings. The van der Waals surface area contributed by atoms with Gasteiger partial charge in [-0.15, -0.1) is 0 Å². The van der Waals surface area contributed by atoms with Gasteiger partial charge in [0.1, 0.15) is 5.82 Å². The molecule has 1 aromatic rings. The minimum Gasteiger partial charge on any atom is -0.326 e. The third-order valence-electron chi connectivity index (χ3n) is 4.44. The fourth-order valence-electron chi connectivity index (χ4n) is 3.22. The van der Waals surface area contributed by atoms with E-state index in [0.29, 0.717) is 0 Å². The molecule has 2 N–H and O–H groups in total. The van der Waals surface area contributed by atoms with E-state index in [2.05, 4.69) is 23.6 Å². The third-order valence-corrected chi connectivity index (χ3v) is 4.44. The monoisotopic (exact) mass is 293 g/mol. The van der Waals surface area contributed by atoms with Crippen LogP contribution in [0.2, 0.25) is 0 Å². The van der Waals surface area contributed by atoms with Gasteiger partial charge in [-0.3, -0.25) is 4.90 Å². The molecule has 0 aromatic heterocycles. The van der Waals surface area contributed by atoms with Gasteiger partial charge in [0, 0.05) is 37.8 Å². The van der Waals surface area contributed by atoms with E-state index in [9.17, 15) is 4.39 Å². The zero-order valence-corrected chi connectivity index (χ0v) is 13.3. The Kier molecular flexibility index (Phi) is 6.15. The zero-order chi connectivity index (χ0) is 15.2. The Hall–Kier alpha value is -0.970. The molecule has 2 unspecified atom stereocenters. The van der Waals surface area contributed by atoms with Crippen LogP contribution in [-0.2, 0) is 0 Å². The van der Waals surface area contributed by atoms with Crippen LogP contribution < -0.4 is 5.73 Å². The summed E-state index contributed by atoms with van der Waals surface area (Å²) in [7, 11) is 0. The summed E-state index contributed by atoms with van der Waals surface area (Å²) in [6.45, 7) is 9.47. The van der Waals surface area contributed by atoms with Crippen molar-refractivity contribution in [2.24, 2.45) is 5.73 Å². The van der Waals surface area contributed by atoms with Crippen molar-refractivity contribution < 1.29 is 4.39 Å². The summed E-state index contributed by atoms with van der Waals surface area (Å²) < 4.78 is 14.2. The van der Waals surface area contributed by atoms with E-state index in [-0.39, 0.29) is 17.9 Å². The normalized spacial score (nSPS) is 20.4. The number of hydrogen-bond donors (Lipinski definition) is 1. The van der Waals surface area contributed by atoms with Gasteiger partial charge in [0.15, 0.2) is 0 Å². The van der Waals surface area contributed by atoms with E-state index in [1.165, 1.54) is 12.5 Å². The SMILES string of the molecule is CCCN1CCN(C(c2ccccc2F)C(N)CC)CC1. The average Bonchev–Trinajstić information content (AvgIpc) is 2.51. The van der Waals surface area contributed by atoms with Gasteiger partial charge < -0.3 is 10.6 Å². The van der Waals surface area contributed by atoms with E-state index in [4.69, 9.17) is 5.73 Å². The molecule has 4 heteroatoms. The van der Waals surface area contributed by atoms with E-state index in [1.54, 1.807) is 6.07 Å². The fourth-order valence-corrected chi connectivity index (χ4v) is 3.22. The molecule has 1 saturated heterocycles. The Morgan fingerprint density at radius 3 is 2.38 bits per heavy atom. The maximum absolute atomic E-state index is 14.2. The average molecular weight is 293 g/mol. The maximum Gasteiger partial charge on any atom is 0.128 e. The van der Waals surface area contributed by atoms with Gasteiger partial charge in [0.05, 0.1) is 6.04 Å². The van der Waals surface area contributed by atoms with Gasteiger partial charge in [-0.2, -0.15) is 0 Å². The molecular formula is C17H28FN3. The number of nitrogens with two attached hydrogens (primary N) is 1. The van der Waals surface area contributed by atoms with Gasteiger partial charge in [-0.05, 0) is 25.5 Å². The summed E-state index contributed by atoms with van der Waals surface area (Å²) in [6, 6.07) is 7.03. The minimum absolute atomic E-state index is 0.0139. The molecule has 1 fully saturated rings. The number of hydrogen-bond acceptors (Lipinski definition) is 3. The quantitative estimate of drug-likeness (QED) is 0.875. The Balaban J connectivity index is 2.13. The lowest BCUT2D eigenvalue weighted by atomic mass is 9.95. The molecule has 2 atom stereocenters. The molecule has 0 spiro atoms. The van der Waals surface area contributed by atoms with E-state index in [0.717, 1.165) is 44.7 Å². The first-order valence-corrected chi connectivity index (χ1v) is 8.13. The third kappa shape index (κ3) is 4.02. The van der Waals surface area contributed by atoms with Crippen molar-refractivity contribution in [1.82, 2.24) is 9.80 Å². The van der Waals surface area contributed by atoms with Gasteiger partial charge in [0.2, 0.25) is 0 Å². The first-order chi connectivity index (χ1) is 10.2. The molecule has 0 saturated carbocycles. The van der Waals surface area contributed by atoms with Crippen LogP contribution in [0.3, 0.4) is 0 Å². The number of nitrogens with zero attached hydrogens (tertiary/aromatic N) is 2. The van der Waals surface area contributed by atoms with Crippen molar-refractivity contribution in [2.45, 2.75) is 38.8 Å². The number of rotatable bonds is 6. The summed E-state index contributed by atoms with van der Waals surface area (Å²) in [4.78, 5) is 4.84. The Morgan fingerprint density at radius 2 is 1.81 bits per heavy atom. The highest BCUT2D eigenvalue weighted by molar-refractivity contribution is 5.23. The molecule has 0 bridgehead atoms. The maximum atomic E-state index is 14.2. The van der Waals surface area contributed by atoms with Crippen LogP contribution in [0.5, 0.6) is 0 Å². The van der Waals surface area contributed by atoms with Crippen molar-refractivity contribution in [1.29, 1.82) is 0 Å². The molecule has 1 heterocycles. The summed E-state index contributed by atoms with van der Waals surface area (Å²) in [5, 5.41) is 0. The second-order valence-corrected chi connectivity index (χ2v) is 5.92. The van der Waals surface area contributed by atoms with Crippen LogP contribution in [-0.4, -0.2) is 48.6 Å². The molecule has 21 heavy (non-hydrogen) atoms. The van der Waals surface area contributed by atoms with Crippen LogP contribution in [0, 0.1) is 5.82 Å². The van der Waals surface area contributed by atoms with Crippen LogP contribution in [0.25, 0.3) is 0 Å². The predicted molar refractivity (Wildman–Crippen MR) is 85.7 cm³/mol. The van der Waals surface area contributed by atoms with Crippen molar-refractivity contribution in [3.8, 4) is 0 Å². The lowest BCUT2D eigenvalue weighted by Gasteiger charge is -2.41. The summed E-state index contributed by atoms with van der Waals surface area (Å²) in [6.07, 6.45) is 2.04. The predicted octanol–water partition coefficient (Wildman–Crippen LogP) is 2.63. The summed E-state index contributed by atoms with van der Waals surface area (Å²) >= 11 is 0. The lowest BCUT2D eigenvalue weighted by molar-refractivity contribution is 0.0821. The van der Waals surface area contributed by atoms with Crippen LogP contribution in [0.1, 0.15) is 38.3 Å². The highest BCUT2D eigenvalue weighted by Crippen LogP contribution is 2.28. The first kappa shape index (κ1) is 16.4. The van der Waals surface area contributed by atoms with Crippen LogP contribution in [0.15, 0.2) is 24.3 Å². The summed E-state index contributed by atoms with van der Waals surface area (Å²) in [5.74, 6) is -0.137. The number of piperazine rings is 1. The van der Waals surface area contributed by atoms with E-state index < -0.39 is 0 Å². The number of benzene rings is 1. The van der Waals surface area contributed by atoms with Gasteiger partial charge in [0.25, 0.3) is 0 Å². The molecule has 0 aliphatic carbocycles. The molecular weight excluding hydrogens is 265 g/mol. The molecule has 3 nitrogen and oxygen atoms in total. The van der Waals surface area contributed by atoms with Crippen molar-refractivity contribution in [2.75, 3.05) is 32.7 Å². The first-order valence-electron chi connectivity index (χ1n) is 8.13. The van der Waals surface area contributed by atoms with Crippen molar-refractivity contribution in [3.05, 3.63) is 35.6 Å². The summed E-state index contributed by atoms with van der Waals surface area (Å²) in [5.41, 5.74) is 7.07. The molecule has 1 aromatic carbocycles. The molecule has 2 rings (SSSR count). The molecule has 0 radical (unpaired) electrons. The highest BCUT2D eigenvalue weighted by Gasteiger charge is 2.30. The van der Waals surface area contributed by atoms with Gasteiger partial charge >= 0.3 is 0 Å². The largest absolute Gasteiger partial charge is 0.326 e. The lowest BCUT2D eigenvalue weighted by Crippen LogP contribution is -2.51. The zero-order valence-electron chi connectivity index (χ0n) is 13.3. The van der Waals surface area contributed by atoms with Crippen LogP contribution >= 0.6 is 0 Å². The molecule has 1 aliphatic heterocycles. The standard InChI is InChI=1S/C17H28FN3/c1-3-9-20-10-12-21(13-11-20)17(16(19)4-2)14-7-5-6-8-15(14)18/h5-8,16-17H,3-4,9-13,19H2,1-2H3. The second kappa shape index (κ2) is 7.87. The van der Waals surface area contributed by atoms with E-state index >= 15 is 0 Å². The van der Waals surface area contributed by atoms with Gasteiger partial charge in [-0.25, -0.2) is 4.39 Å². The Morgan fingerprint density at radius 1 is 1.14 bits per heavy atom. The second-order valence-electron chi connectivity index (χ2n) is 5.92. The van der Waals surface area contributed by atoms with Crippen molar-refractivity contribution in [3.63, 3.8) is 0 Å². The highest BCUT2D eigenvalue weighted by atomic mass is 19.1. The number of halogens is 1. The van der Waals surface area contributed by atoms with E-state index in [1.807, 2.05) is 12.1 Å². The smallest absolute Gasteiger partial charge is 0.128 e. The topological polar surface area (TPSA) is 32.5 Å². The van der Waals surface area contributed by atoms with Crippen LogP contribution in [0.4, 0.5) is 4.39 Å². The minimum atomic E-state index is -0.137. The fraction of sp³-hybridized carbons (Fsp3) is 0.647. The Labute approximate surface area is 127 Å².